The molecule has 0 spiro atoms. The first-order chi connectivity index (χ1) is 13.7. The Labute approximate surface area is 173 Å². The molecule has 0 heterocycles. The van der Waals surface area contributed by atoms with E-state index in [9.17, 15) is 9.59 Å². The monoisotopic (exact) mass is 397 g/mol. The van der Waals surface area contributed by atoms with Crippen molar-refractivity contribution < 1.29 is 19.1 Å². The molecular weight excluding hydrogens is 366 g/mol. The van der Waals surface area contributed by atoms with Gasteiger partial charge in [0.2, 0.25) is 0 Å². The number of carbonyl (C=O) groups is 2. The smallest absolute Gasteiger partial charge is 0.415 e. The molecule has 0 aliphatic heterocycles. The lowest BCUT2D eigenvalue weighted by atomic mass is 9.95. The largest absolute Gasteiger partial charge is 0.489 e. The minimum Gasteiger partial charge on any atom is -0.489 e. The number of esters is 1. The van der Waals surface area contributed by atoms with Gasteiger partial charge in [-0.05, 0) is 55.9 Å². The van der Waals surface area contributed by atoms with Crippen LogP contribution in [0.15, 0.2) is 54.6 Å². The van der Waals surface area contributed by atoms with Gasteiger partial charge in [-0.1, -0.05) is 56.3 Å². The van der Waals surface area contributed by atoms with E-state index in [-0.39, 0.29) is 6.42 Å². The number of carbonyl (C=O) groups excluding carboxylic acids is 2. The second-order valence-electron chi connectivity index (χ2n) is 8.30. The molecule has 0 saturated heterocycles. The third kappa shape index (κ3) is 8.81. The Morgan fingerprint density at radius 3 is 2.24 bits per heavy atom. The van der Waals surface area contributed by atoms with Crippen LogP contribution in [0.25, 0.3) is 0 Å². The van der Waals surface area contributed by atoms with Gasteiger partial charge >= 0.3 is 12.1 Å². The summed E-state index contributed by atoms with van der Waals surface area (Å²) in [6, 6.07) is 17.8. The maximum absolute atomic E-state index is 12.0. The number of hydrogen-bond acceptors (Lipinski definition) is 4. The Bertz CT molecular complexity index is 782. The van der Waals surface area contributed by atoms with Gasteiger partial charge in [0.05, 0.1) is 0 Å². The molecular formula is C24H31NO4. The molecule has 0 aliphatic carbocycles. The zero-order valence-corrected chi connectivity index (χ0v) is 17.7. The van der Waals surface area contributed by atoms with Crippen molar-refractivity contribution in [2.75, 3.05) is 0 Å². The summed E-state index contributed by atoms with van der Waals surface area (Å²) in [4.78, 5) is 23.7. The molecule has 0 unspecified atom stereocenters. The number of amides is 1. The highest BCUT2D eigenvalue weighted by atomic mass is 16.6. The average molecular weight is 398 g/mol. The highest BCUT2D eigenvalue weighted by Crippen LogP contribution is 2.18. The number of nitrogens with one attached hydrogen (secondary N) is 1. The number of rotatable bonds is 9. The fourth-order valence-corrected chi connectivity index (χ4v) is 2.86. The zero-order chi connectivity index (χ0) is 21.3. The standard InChI is InChI=1S/C24H31NO4/c1-18(2)10-15-22(26)29-23(27)25-24(3,4)16-19-11-13-21(14-12-19)28-17-20-8-6-5-7-9-20/h5-9,11-14,18H,10,15-17H2,1-4H3,(H,25,27). The summed E-state index contributed by atoms with van der Waals surface area (Å²) in [7, 11) is 0. The van der Waals surface area contributed by atoms with Gasteiger partial charge in [0, 0.05) is 12.0 Å². The van der Waals surface area contributed by atoms with Crippen molar-refractivity contribution in [3.63, 3.8) is 0 Å². The van der Waals surface area contributed by atoms with Crippen LogP contribution in [0, 0.1) is 5.92 Å². The van der Waals surface area contributed by atoms with Gasteiger partial charge < -0.3 is 14.8 Å². The van der Waals surface area contributed by atoms with Crippen LogP contribution in [0.1, 0.15) is 51.7 Å². The van der Waals surface area contributed by atoms with Gasteiger partial charge in [-0.15, -0.1) is 0 Å². The van der Waals surface area contributed by atoms with E-state index in [0.717, 1.165) is 16.9 Å². The average Bonchev–Trinajstić information content (AvgIpc) is 2.66. The number of hydrogen-bond donors (Lipinski definition) is 1. The van der Waals surface area contributed by atoms with Crippen molar-refractivity contribution in [2.24, 2.45) is 5.92 Å². The topological polar surface area (TPSA) is 64.6 Å². The van der Waals surface area contributed by atoms with Crippen LogP contribution in [0.5, 0.6) is 5.75 Å². The van der Waals surface area contributed by atoms with E-state index >= 15 is 0 Å². The van der Waals surface area contributed by atoms with E-state index in [2.05, 4.69) is 5.32 Å². The van der Waals surface area contributed by atoms with Crippen LogP contribution in [-0.4, -0.2) is 17.6 Å². The van der Waals surface area contributed by atoms with Crippen molar-refractivity contribution in [1.82, 2.24) is 5.32 Å². The molecule has 156 valence electrons. The van der Waals surface area contributed by atoms with Gasteiger partial charge in [0.1, 0.15) is 12.4 Å². The molecule has 2 aromatic carbocycles. The number of ether oxygens (including phenoxy) is 2. The lowest BCUT2D eigenvalue weighted by Gasteiger charge is -2.25. The lowest BCUT2D eigenvalue weighted by molar-refractivity contribution is -0.137. The molecule has 5 heteroatoms. The molecule has 0 bridgehead atoms. The molecule has 1 N–H and O–H groups in total. The van der Waals surface area contributed by atoms with E-state index in [1.165, 1.54) is 0 Å². The number of benzene rings is 2. The Morgan fingerprint density at radius 1 is 0.966 bits per heavy atom. The second-order valence-corrected chi connectivity index (χ2v) is 8.30. The predicted octanol–water partition coefficient (Wildman–Crippen LogP) is 5.28. The van der Waals surface area contributed by atoms with Crippen molar-refractivity contribution in [1.29, 1.82) is 0 Å². The first-order valence-electron chi connectivity index (χ1n) is 10.0. The Balaban J connectivity index is 1.81. The van der Waals surface area contributed by atoms with E-state index in [1.807, 2.05) is 82.3 Å². The summed E-state index contributed by atoms with van der Waals surface area (Å²) >= 11 is 0. The van der Waals surface area contributed by atoms with Gasteiger partial charge in [-0.25, -0.2) is 4.79 Å². The van der Waals surface area contributed by atoms with Crippen LogP contribution in [-0.2, 0) is 22.6 Å². The number of alkyl carbamates (subject to hydrolysis) is 1. The van der Waals surface area contributed by atoms with E-state index in [0.29, 0.717) is 25.4 Å². The molecule has 2 aromatic rings. The van der Waals surface area contributed by atoms with Crippen molar-refractivity contribution >= 4 is 12.1 Å². The minimum absolute atomic E-state index is 0.246. The third-order valence-electron chi connectivity index (χ3n) is 4.39. The molecule has 1 amide bonds. The van der Waals surface area contributed by atoms with Crippen molar-refractivity contribution in [3.05, 3.63) is 65.7 Å². The molecule has 0 aliphatic rings. The van der Waals surface area contributed by atoms with Gasteiger partial charge in [0.15, 0.2) is 0 Å². The molecule has 0 saturated carbocycles. The van der Waals surface area contributed by atoms with E-state index in [1.54, 1.807) is 0 Å². The highest BCUT2D eigenvalue weighted by Gasteiger charge is 2.23. The molecule has 0 atom stereocenters. The molecule has 0 radical (unpaired) electrons. The van der Waals surface area contributed by atoms with Gasteiger partial charge in [-0.3, -0.25) is 4.79 Å². The Morgan fingerprint density at radius 2 is 1.62 bits per heavy atom. The van der Waals surface area contributed by atoms with Crippen LogP contribution < -0.4 is 10.1 Å². The summed E-state index contributed by atoms with van der Waals surface area (Å²) in [6.45, 7) is 8.35. The first-order valence-corrected chi connectivity index (χ1v) is 10.0. The van der Waals surface area contributed by atoms with Crippen molar-refractivity contribution in [3.8, 4) is 5.75 Å². The second kappa shape index (κ2) is 10.6. The van der Waals surface area contributed by atoms with E-state index < -0.39 is 17.6 Å². The summed E-state index contributed by atoms with van der Waals surface area (Å²) in [5, 5.41) is 2.77. The van der Waals surface area contributed by atoms with E-state index in [4.69, 9.17) is 9.47 Å². The lowest BCUT2D eigenvalue weighted by Crippen LogP contribution is -2.45. The predicted molar refractivity (Wildman–Crippen MR) is 114 cm³/mol. The fourth-order valence-electron chi connectivity index (χ4n) is 2.86. The molecule has 29 heavy (non-hydrogen) atoms. The minimum atomic E-state index is -0.702. The molecule has 2 rings (SSSR count). The first kappa shape index (κ1) is 22.5. The normalized spacial score (nSPS) is 11.2. The van der Waals surface area contributed by atoms with Crippen LogP contribution in [0.2, 0.25) is 0 Å². The quantitative estimate of drug-likeness (QED) is 0.462. The van der Waals surface area contributed by atoms with Crippen LogP contribution in [0.4, 0.5) is 4.79 Å². The molecule has 0 fully saturated rings. The maximum atomic E-state index is 12.0. The third-order valence-corrected chi connectivity index (χ3v) is 4.39. The maximum Gasteiger partial charge on any atom is 0.415 e. The van der Waals surface area contributed by atoms with Crippen LogP contribution >= 0.6 is 0 Å². The Hall–Kier alpha value is -2.82. The summed E-state index contributed by atoms with van der Waals surface area (Å²) in [6.07, 6.45) is 0.845. The SMILES string of the molecule is CC(C)CCC(=O)OC(=O)NC(C)(C)Cc1ccc(OCc2ccccc2)cc1. The molecule has 0 aromatic heterocycles. The van der Waals surface area contributed by atoms with Gasteiger partial charge in [-0.2, -0.15) is 0 Å². The zero-order valence-electron chi connectivity index (χ0n) is 17.7. The summed E-state index contributed by atoms with van der Waals surface area (Å²) in [5.74, 6) is 0.687. The van der Waals surface area contributed by atoms with Gasteiger partial charge in [0.25, 0.3) is 0 Å². The van der Waals surface area contributed by atoms with Crippen LogP contribution in [0.3, 0.4) is 0 Å². The Kier molecular flexibility index (Phi) is 8.25. The highest BCUT2D eigenvalue weighted by molar-refractivity contribution is 5.84. The molecule has 5 nitrogen and oxygen atoms in total. The summed E-state index contributed by atoms with van der Waals surface area (Å²) < 4.78 is 10.7. The summed E-state index contributed by atoms with van der Waals surface area (Å²) in [5.41, 5.74) is 1.61. The van der Waals surface area contributed by atoms with Crippen molar-refractivity contribution in [2.45, 2.75) is 59.1 Å². The fraction of sp³-hybridized carbons (Fsp3) is 0.417.